The number of aromatic hydroxyl groups is 1. The number of hydrazine groups is 1. The summed E-state index contributed by atoms with van der Waals surface area (Å²) in [5, 5.41) is 12.7. The van der Waals surface area contributed by atoms with Gasteiger partial charge < -0.3 is 14.6 Å². The number of carbonyl (C=O) groups is 4. The van der Waals surface area contributed by atoms with E-state index in [1.807, 2.05) is 0 Å². The SMILES string of the molecule is COc1ccc(C23C(=O)N(Nc4ccc(Cl)cc4Cl)C(=O)C2CC2C(=CCC4C(=O)N(c5cc(C(F)(F)F)cc(C(F)(F)F)c5)C(=O)C42)C3c2cc(OC)ccc2O)cc1. The number of hydrogen-bond acceptors (Lipinski definition) is 8. The third-order valence-corrected chi connectivity index (χ3v) is 12.5. The van der Waals surface area contributed by atoms with E-state index >= 15 is 4.79 Å². The molecule has 18 heteroatoms. The molecule has 0 aromatic heterocycles. The highest BCUT2D eigenvalue weighted by atomic mass is 35.5. The number of phenols is 1. The normalized spacial score (nSPS) is 25.2. The average Bonchev–Trinajstić information content (AvgIpc) is 3.58. The van der Waals surface area contributed by atoms with Crippen LogP contribution in [0.4, 0.5) is 37.7 Å². The van der Waals surface area contributed by atoms with Gasteiger partial charge in [0.15, 0.2) is 0 Å². The van der Waals surface area contributed by atoms with Gasteiger partial charge >= 0.3 is 12.4 Å². The van der Waals surface area contributed by atoms with Crippen LogP contribution in [0.25, 0.3) is 0 Å². The number of fused-ring (bicyclic) bond motifs is 4. The number of amides is 4. The fraction of sp³-hybridized carbons (Fsp3) is 0.286. The van der Waals surface area contributed by atoms with Crippen LogP contribution in [-0.2, 0) is 36.9 Å². The molecule has 4 aromatic carbocycles. The van der Waals surface area contributed by atoms with E-state index in [4.69, 9.17) is 32.7 Å². The number of anilines is 2. The molecule has 2 heterocycles. The van der Waals surface area contributed by atoms with E-state index in [0.717, 1.165) is 5.01 Å². The predicted molar refractivity (Wildman–Crippen MR) is 204 cm³/mol. The van der Waals surface area contributed by atoms with Crippen molar-refractivity contribution in [2.75, 3.05) is 24.5 Å². The van der Waals surface area contributed by atoms with Crippen LogP contribution in [0.3, 0.4) is 0 Å². The number of imide groups is 2. The summed E-state index contributed by atoms with van der Waals surface area (Å²) >= 11 is 12.6. The lowest BCUT2D eigenvalue weighted by molar-refractivity contribution is -0.143. The molecule has 0 radical (unpaired) electrons. The number of nitrogens with zero attached hydrogens (tertiary/aromatic N) is 2. The third kappa shape index (κ3) is 6.33. The zero-order valence-electron chi connectivity index (χ0n) is 31.2. The van der Waals surface area contributed by atoms with Crippen molar-refractivity contribution >= 4 is 58.2 Å². The molecule has 0 bridgehead atoms. The Bertz CT molecular complexity index is 2480. The summed E-state index contributed by atoms with van der Waals surface area (Å²) in [7, 11) is 2.80. The molecule has 60 heavy (non-hydrogen) atoms. The Hall–Kier alpha value is -5.74. The molecule has 0 spiro atoms. The molecule has 2 aliphatic carbocycles. The van der Waals surface area contributed by atoms with Crippen molar-refractivity contribution in [3.63, 3.8) is 0 Å². The molecule has 2 saturated heterocycles. The summed E-state index contributed by atoms with van der Waals surface area (Å²) in [6, 6.07) is 15.4. The largest absolute Gasteiger partial charge is 0.508 e. The Balaban J connectivity index is 1.33. The van der Waals surface area contributed by atoms with E-state index in [1.165, 1.54) is 50.6 Å². The Morgan fingerprint density at radius 1 is 0.767 bits per heavy atom. The number of rotatable bonds is 7. The van der Waals surface area contributed by atoms with Crippen LogP contribution < -0.4 is 19.8 Å². The smallest absolute Gasteiger partial charge is 0.416 e. The van der Waals surface area contributed by atoms with Gasteiger partial charge in [-0.05, 0) is 91.1 Å². The molecule has 3 fully saturated rings. The topological polar surface area (TPSA) is 125 Å². The van der Waals surface area contributed by atoms with Crippen LogP contribution >= 0.6 is 23.2 Å². The molecule has 1 saturated carbocycles. The average molecular weight is 875 g/mol. The Labute approximate surface area is 347 Å². The molecule has 10 nitrogen and oxygen atoms in total. The maximum Gasteiger partial charge on any atom is 0.416 e. The van der Waals surface area contributed by atoms with Crippen molar-refractivity contribution in [1.29, 1.82) is 0 Å². The Morgan fingerprint density at radius 2 is 1.40 bits per heavy atom. The van der Waals surface area contributed by atoms with Gasteiger partial charge in [0.1, 0.15) is 17.2 Å². The fourth-order valence-corrected chi connectivity index (χ4v) is 9.85. The maximum absolute atomic E-state index is 15.4. The number of benzene rings is 4. The molecule has 6 atom stereocenters. The Kier molecular flexibility index (Phi) is 9.89. The lowest BCUT2D eigenvalue weighted by Gasteiger charge is -2.50. The van der Waals surface area contributed by atoms with Crippen LogP contribution in [0.1, 0.15) is 41.0 Å². The summed E-state index contributed by atoms with van der Waals surface area (Å²) < 4.78 is 94.7. The highest BCUT2D eigenvalue weighted by molar-refractivity contribution is 6.36. The molecule has 8 rings (SSSR count). The molecular weight excluding hydrogens is 843 g/mol. The molecule has 2 N–H and O–H groups in total. The monoisotopic (exact) mass is 873 g/mol. The van der Waals surface area contributed by atoms with E-state index in [2.05, 4.69) is 5.43 Å². The van der Waals surface area contributed by atoms with Gasteiger partial charge in [0.2, 0.25) is 11.8 Å². The first-order valence-electron chi connectivity index (χ1n) is 18.3. The summed E-state index contributed by atoms with van der Waals surface area (Å²) in [6.07, 6.45) is -9.45. The van der Waals surface area contributed by atoms with Gasteiger partial charge in [-0.2, -0.15) is 31.4 Å². The number of halogens is 8. The summed E-state index contributed by atoms with van der Waals surface area (Å²) in [4.78, 5) is 59.4. The number of ether oxygens (including phenoxy) is 2. The van der Waals surface area contributed by atoms with Crippen molar-refractivity contribution in [2.24, 2.45) is 23.7 Å². The second-order valence-corrected chi connectivity index (χ2v) is 15.8. The predicted octanol–water partition coefficient (Wildman–Crippen LogP) is 8.94. The number of methoxy groups -OCH3 is 2. The van der Waals surface area contributed by atoms with Gasteiger partial charge in [-0.25, -0.2) is 4.90 Å². The minimum Gasteiger partial charge on any atom is -0.508 e. The third-order valence-electron chi connectivity index (χ3n) is 12.0. The molecule has 4 aromatic rings. The summed E-state index contributed by atoms with van der Waals surface area (Å²) in [5.74, 6) is -9.80. The summed E-state index contributed by atoms with van der Waals surface area (Å²) in [5.41, 5.74) is -2.59. The number of nitrogens with one attached hydrogen (secondary N) is 1. The zero-order chi connectivity index (χ0) is 43.2. The van der Waals surface area contributed by atoms with Crippen LogP contribution in [0, 0.1) is 23.7 Å². The van der Waals surface area contributed by atoms with Gasteiger partial charge in [0, 0.05) is 16.5 Å². The quantitative estimate of drug-likeness (QED) is 0.107. The number of phenolic OH excluding ortho intramolecular Hbond substituents is 1. The van der Waals surface area contributed by atoms with E-state index in [-0.39, 0.29) is 51.7 Å². The lowest BCUT2D eigenvalue weighted by Crippen LogP contribution is -2.53. The first-order valence-corrected chi connectivity index (χ1v) is 19.1. The minimum atomic E-state index is -5.27. The highest BCUT2D eigenvalue weighted by Gasteiger charge is 2.71. The molecule has 2 aliphatic heterocycles. The summed E-state index contributed by atoms with van der Waals surface area (Å²) in [6.45, 7) is 0. The minimum absolute atomic E-state index is 0.0520. The standard InChI is InChI=1S/C42H31Cl2F6N3O7/c1-59-24-6-3-19(4-7-24)40-30(37(56)53(39(40)58)51-32-11-5-22(43)16-31(32)44)18-28-26(35(40)29-17-25(60-2)8-12-33(29)54)9-10-27-34(28)38(57)52(36(27)55)23-14-20(41(45,46)47)13-21(15-23)42(48,49)50/h3-9,11-17,27-28,30,34-35,51,54H,10,18H2,1-2H3. The van der Waals surface area contributed by atoms with Gasteiger partial charge in [-0.15, -0.1) is 0 Å². The number of carbonyl (C=O) groups excluding carboxylic acids is 4. The van der Waals surface area contributed by atoms with E-state index in [9.17, 15) is 45.8 Å². The first kappa shape index (κ1) is 41.0. The van der Waals surface area contributed by atoms with Gasteiger partial charge in [-0.3, -0.25) is 24.6 Å². The lowest BCUT2D eigenvalue weighted by atomic mass is 9.49. The molecular formula is C42H31Cl2F6N3O7. The maximum atomic E-state index is 15.4. The van der Waals surface area contributed by atoms with Crippen molar-refractivity contribution in [2.45, 2.75) is 36.5 Å². The van der Waals surface area contributed by atoms with Crippen LogP contribution in [-0.4, -0.2) is 48.0 Å². The van der Waals surface area contributed by atoms with Crippen LogP contribution in [0.15, 0.2) is 90.5 Å². The first-order chi connectivity index (χ1) is 28.3. The second kappa shape index (κ2) is 14.5. The van der Waals surface area contributed by atoms with Crippen LogP contribution in [0.5, 0.6) is 17.2 Å². The Morgan fingerprint density at radius 3 is 2.00 bits per heavy atom. The van der Waals surface area contributed by atoms with Crippen molar-refractivity contribution in [1.82, 2.24) is 5.01 Å². The fourth-order valence-electron chi connectivity index (χ4n) is 9.40. The number of alkyl halides is 6. The van der Waals surface area contributed by atoms with Crippen molar-refractivity contribution in [3.05, 3.63) is 123 Å². The van der Waals surface area contributed by atoms with Crippen molar-refractivity contribution in [3.8, 4) is 17.2 Å². The molecule has 6 unspecified atom stereocenters. The van der Waals surface area contributed by atoms with Gasteiger partial charge in [0.05, 0.1) is 64.9 Å². The van der Waals surface area contributed by atoms with E-state index in [1.54, 1.807) is 30.3 Å². The highest BCUT2D eigenvalue weighted by Crippen LogP contribution is 2.65. The zero-order valence-corrected chi connectivity index (χ0v) is 32.7. The van der Waals surface area contributed by atoms with E-state index < -0.39 is 87.8 Å². The number of allylic oxidation sites excluding steroid dienone is 2. The molecule has 312 valence electrons. The van der Waals surface area contributed by atoms with Crippen molar-refractivity contribution < 1.29 is 60.1 Å². The number of hydrogen-bond donors (Lipinski definition) is 2. The van der Waals surface area contributed by atoms with E-state index in [0.29, 0.717) is 33.9 Å². The molecule has 4 aliphatic rings. The molecule has 4 amide bonds. The second-order valence-electron chi connectivity index (χ2n) is 14.9. The van der Waals surface area contributed by atoms with Crippen LogP contribution in [0.2, 0.25) is 10.0 Å². The van der Waals surface area contributed by atoms with Gasteiger partial charge in [0.25, 0.3) is 11.8 Å². The van der Waals surface area contributed by atoms with Gasteiger partial charge in [-0.1, -0.05) is 47.0 Å².